The lowest BCUT2D eigenvalue weighted by atomic mass is 10.3. The maximum atomic E-state index is 11.5. The van der Waals surface area contributed by atoms with Crippen LogP contribution in [0, 0.1) is 6.92 Å². The maximum Gasteiger partial charge on any atom is 0.341 e. The van der Waals surface area contributed by atoms with Crippen molar-refractivity contribution >= 4 is 17.6 Å². The van der Waals surface area contributed by atoms with Crippen LogP contribution in [0.2, 0.25) is 5.02 Å². The number of hydrogen-bond donors (Lipinski definition) is 0. The monoisotopic (exact) mass is 265 g/mol. The van der Waals surface area contributed by atoms with Gasteiger partial charge in [0, 0.05) is 12.4 Å². The van der Waals surface area contributed by atoms with Crippen LogP contribution >= 0.6 is 11.6 Å². The molecule has 94 valence electrons. The summed E-state index contributed by atoms with van der Waals surface area (Å²) in [5.74, 6) is 0.0739. The Morgan fingerprint density at radius 1 is 1.50 bits per heavy atom. The predicted octanol–water partition coefficient (Wildman–Crippen LogP) is 2.41. The second-order valence-electron chi connectivity index (χ2n) is 3.71. The van der Waals surface area contributed by atoms with Crippen LogP contribution in [-0.2, 0) is 4.74 Å². The molecule has 2 aromatic heterocycles. The molecule has 0 aliphatic heterocycles. The summed E-state index contributed by atoms with van der Waals surface area (Å²) in [5, 5.41) is 4.53. The summed E-state index contributed by atoms with van der Waals surface area (Å²) in [7, 11) is 0. The summed E-state index contributed by atoms with van der Waals surface area (Å²) in [6, 6.07) is 1.79. The van der Waals surface area contributed by atoms with Gasteiger partial charge in [0.2, 0.25) is 0 Å². The number of aryl methyl sites for hydroxylation is 1. The van der Waals surface area contributed by atoms with Crippen molar-refractivity contribution in [2.75, 3.05) is 6.61 Å². The summed E-state index contributed by atoms with van der Waals surface area (Å²) in [4.78, 5) is 15.7. The Morgan fingerprint density at radius 3 is 2.94 bits per heavy atom. The fourth-order valence-corrected chi connectivity index (χ4v) is 1.76. The molecule has 0 saturated carbocycles. The van der Waals surface area contributed by atoms with Crippen LogP contribution in [0.25, 0.3) is 5.82 Å². The second-order valence-corrected chi connectivity index (χ2v) is 4.12. The molecule has 0 aliphatic carbocycles. The van der Waals surface area contributed by atoms with Gasteiger partial charge in [0.05, 0.1) is 23.4 Å². The van der Waals surface area contributed by atoms with E-state index in [1.165, 1.54) is 10.9 Å². The normalized spacial score (nSPS) is 10.4. The van der Waals surface area contributed by atoms with E-state index < -0.39 is 5.97 Å². The van der Waals surface area contributed by atoms with Gasteiger partial charge in [-0.15, -0.1) is 0 Å². The van der Waals surface area contributed by atoms with Crippen molar-refractivity contribution in [1.82, 2.24) is 14.8 Å². The van der Waals surface area contributed by atoms with Crippen molar-refractivity contribution in [2.45, 2.75) is 13.8 Å². The molecule has 6 heteroatoms. The molecular formula is C12H12ClN3O2. The lowest BCUT2D eigenvalue weighted by Gasteiger charge is -2.03. The first-order chi connectivity index (χ1) is 8.61. The first-order valence-corrected chi connectivity index (χ1v) is 5.84. The molecule has 0 atom stereocenters. The van der Waals surface area contributed by atoms with E-state index in [1.807, 2.05) is 6.92 Å². The quantitative estimate of drug-likeness (QED) is 0.800. The van der Waals surface area contributed by atoms with E-state index in [1.54, 1.807) is 25.4 Å². The number of carbonyl (C=O) groups is 1. The van der Waals surface area contributed by atoms with Gasteiger partial charge in [-0.3, -0.25) is 0 Å². The fourth-order valence-electron chi connectivity index (χ4n) is 1.45. The van der Waals surface area contributed by atoms with Crippen molar-refractivity contribution in [3.05, 3.63) is 40.8 Å². The summed E-state index contributed by atoms with van der Waals surface area (Å²) >= 11 is 6.07. The van der Waals surface area contributed by atoms with Gasteiger partial charge in [0.1, 0.15) is 0 Å². The molecule has 0 fully saturated rings. The number of pyridine rings is 1. The Hall–Kier alpha value is -1.88. The largest absolute Gasteiger partial charge is 0.462 e. The van der Waals surface area contributed by atoms with Crippen molar-refractivity contribution in [1.29, 1.82) is 0 Å². The van der Waals surface area contributed by atoms with Gasteiger partial charge in [-0.05, 0) is 25.5 Å². The average molecular weight is 266 g/mol. The van der Waals surface area contributed by atoms with E-state index in [-0.39, 0.29) is 0 Å². The van der Waals surface area contributed by atoms with Crippen LogP contribution in [0.5, 0.6) is 0 Å². The van der Waals surface area contributed by atoms with Crippen molar-refractivity contribution < 1.29 is 9.53 Å². The Kier molecular flexibility index (Phi) is 3.62. The van der Waals surface area contributed by atoms with Crippen LogP contribution in [0.4, 0.5) is 0 Å². The molecule has 0 unspecified atom stereocenters. The molecule has 0 radical (unpaired) electrons. The molecule has 0 amide bonds. The third kappa shape index (κ3) is 2.51. The van der Waals surface area contributed by atoms with E-state index in [0.29, 0.717) is 23.0 Å². The molecule has 0 N–H and O–H groups in total. The minimum Gasteiger partial charge on any atom is -0.462 e. The Bertz CT molecular complexity index is 580. The molecule has 18 heavy (non-hydrogen) atoms. The van der Waals surface area contributed by atoms with Gasteiger partial charge in [-0.1, -0.05) is 11.6 Å². The number of halogens is 1. The molecule has 5 nitrogen and oxygen atoms in total. The van der Waals surface area contributed by atoms with Gasteiger partial charge >= 0.3 is 5.97 Å². The van der Waals surface area contributed by atoms with Gasteiger partial charge in [0.25, 0.3) is 0 Å². The molecule has 0 aromatic carbocycles. The van der Waals surface area contributed by atoms with Crippen LogP contribution < -0.4 is 0 Å². The predicted molar refractivity (Wildman–Crippen MR) is 67.1 cm³/mol. The number of esters is 1. The number of carbonyl (C=O) groups excluding carboxylic acids is 1. The van der Waals surface area contributed by atoms with Gasteiger partial charge in [0.15, 0.2) is 5.82 Å². The lowest BCUT2D eigenvalue weighted by Crippen LogP contribution is -2.03. The molecule has 2 aromatic rings. The molecule has 0 spiro atoms. The number of ether oxygens (including phenoxy) is 1. The Morgan fingerprint density at radius 2 is 2.28 bits per heavy atom. The minimum absolute atomic E-state index is 0.327. The second kappa shape index (κ2) is 5.18. The van der Waals surface area contributed by atoms with Crippen molar-refractivity contribution in [3.63, 3.8) is 0 Å². The lowest BCUT2D eigenvalue weighted by molar-refractivity contribution is 0.0526. The molecule has 2 rings (SSSR count). The summed E-state index contributed by atoms with van der Waals surface area (Å²) in [5.41, 5.74) is 1.33. The SMILES string of the molecule is CCOC(=O)c1cnn(-c2ncc(C)cc2Cl)c1. The molecule has 0 aliphatic rings. The number of rotatable bonds is 3. The molecular weight excluding hydrogens is 254 g/mol. The van der Waals surface area contributed by atoms with Crippen molar-refractivity contribution in [2.24, 2.45) is 0 Å². The summed E-state index contributed by atoms with van der Waals surface area (Å²) < 4.78 is 6.33. The molecule has 2 heterocycles. The van der Waals surface area contributed by atoms with E-state index >= 15 is 0 Å². The highest BCUT2D eigenvalue weighted by Gasteiger charge is 2.12. The topological polar surface area (TPSA) is 57.0 Å². The smallest absolute Gasteiger partial charge is 0.341 e. The first-order valence-electron chi connectivity index (χ1n) is 5.46. The third-order valence-corrected chi connectivity index (χ3v) is 2.55. The zero-order chi connectivity index (χ0) is 13.1. The fraction of sp³-hybridized carbons (Fsp3) is 0.250. The zero-order valence-corrected chi connectivity index (χ0v) is 10.8. The minimum atomic E-state index is -0.410. The highest BCUT2D eigenvalue weighted by molar-refractivity contribution is 6.32. The number of hydrogen-bond acceptors (Lipinski definition) is 4. The van der Waals surface area contributed by atoms with Crippen LogP contribution in [0.3, 0.4) is 0 Å². The number of aromatic nitrogens is 3. The zero-order valence-electron chi connectivity index (χ0n) is 10.1. The maximum absolute atomic E-state index is 11.5. The van der Waals surface area contributed by atoms with Crippen molar-refractivity contribution in [3.8, 4) is 5.82 Å². The van der Waals surface area contributed by atoms with Crippen LogP contribution in [0.15, 0.2) is 24.7 Å². The van der Waals surface area contributed by atoms with Crippen LogP contribution in [-0.4, -0.2) is 27.3 Å². The Labute approximate surface area is 109 Å². The van der Waals surface area contributed by atoms with Gasteiger partial charge in [-0.25, -0.2) is 14.5 Å². The van der Waals surface area contributed by atoms with Gasteiger partial charge in [-0.2, -0.15) is 5.10 Å². The van der Waals surface area contributed by atoms with Crippen LogP contribution in [0.1, 0.15) is 22.8 Å². The standard InChI is InChI=1S/C12H12ClN3O2/c1-3-18-12(17)9-6-15-16(7-9)11-10(13)4-8(2)5-14-11/h4-7H,3H2,1-2H3. The summed E-state index contributed by atoms with van der Waals surface area (Å²) in [6.07, 6.45) is 4.66. The first kappa shape index (κ1) is 12.6. The third-order valence-electron chi connectivity index (χ3n) is 2.27. The highest BCUT2D eigenvalue weighted by Crippen LogP contribution is 2.18. The van der Waals surface area contributed by atoms with E-state index in [0.717, 1.165) is 5.56 Å². The molecule has 0 bridgehead atoms. The van der Waals surface area contributed by atoms with E-state index in [2.05, 4.69) is 10.1 Å². The summed E-state index contributed by atoms with van der Waals surface area (Å²) in [6.45, 7) is 3.98. The number of nitrogens with zero attached hydrogens (tertiary/aromatic N) is 3. The van der Waals surface area contributed by atoms with E-state index in [9.17, 15) is 4.79 Å². The highest BCUT2D eigenvalue weighted by atomic mass is 35.5. The van der Waals surface area contributed by atoms with Gasteiger partial charge < -0.3 is 4.74 Å². The Balaban J connectivity index is 2.32. The van der Waals surface area contributed by atoms with E-state index in [4.69, 9.17) is 16.3 Å². The molecule has 0 saturated heterocycles. The average Bonchev–Trinajstić information content (AvgIpc) is 2.78.